The molecule has 0 aliphatic carbocycles. The maximum atomic E-state index is 13.2. The van der Waals surface area contributed by atoms with Gasteiger partial charge in [-0.15, -0.1) is 0 Å². The van der Waals surface area contributed by atoms with E-state index in [-0.39, 0.29) is 6.03 Å². The van der Waals surface area contributed by atoms with Crippen LogP contribution in [0.1, 0.15) is 24.1 Å². The molecule has 2 rings (SSSR count). The number of hydrogen-bond donors (Lipinski definition) is 1. The number of carbonyl (C=O) groups excluding carboxylic acids is 1. The minimum atomic E-state index is -0.920. The molecule has 0 bridgehead atoms. The molecule has 0 saturated carbocycles. The van der Waals surface area contributed by atoms with E-state index in [0.717, 1.165) is 17.7 Å². The van der Waals surface area contributed by atoms with Crippen LogP contribution in [0.5, 0.6) is 0 Å². The molecule has 1 N–H and O–H groups in total. The zero-order valence-electron chi connectivity index (χ0n) is 12.5. The number of amides is 2. The smallest absolute Gasteiger partial charge is 0.317 e. The third kappa shape index (κ3) is 4.04. The lowest BCUT2D eigenvalue weighted by Gasteiger charge is -2.21. The van der Waals surface area contributed by atoms with Crippen molar-refractivity contribution in [1.29, 1.82) is 0 Å². The van der Waals surface area contributed by atoms with Gasteiger partial charge in [0.15, 0.2) is 11.6 Å². The summed E-state index contributed by atoms with van der Waals surface area (Å²) < 4.78 is 26.1. The van der Waals surface area contributed by atoms with E-state index in [0.29, 0.717) is 12.1 Å². The number of urea groups is 1. The van der Waals surface area contributed by atoms with Gasteiger partial charge in [-0.1, -0.05) is 36.4 Å². The number of nitrogens with zero attached hydrogens (tertiary/aromatic N) is 1. The summed E-state index contributed by atoms with van der Waals surface area (Å²) >= 11 is 0. The quantitative estimate of drug-likeness (QED) is 0.914. The van der Waals surface area contributed by atoms with Gasteiger partial charge in [-0.3, -0.25) is 0 Å². The van der Waals surface area contributed by atoms with Crippen LogP contribution in [0.4, 0.5) is 13.6 Å². The average molecular weight is 304 g/mol. The summed E-state index contributed by atoms with van der Waals surface area (Å²) in [7, 11) is 1.68. The van der Waals surface area contributed by atoms with Crippen LogP contribution in [0.3, 0.4) is 0 Å². The van der Waals surface area contributed by atoms with Gasteiger partial charge < -0.3 is 10.2 Å². The van der Waals surface area contributed by atoms with E-state index in [4.69, 9.17) is 0 Å². The summed E-state index contributed by atoms with van der Waals surface area (Å²) in [5.74, 6) is -1.82. The number of hydrogen-bond acceptors (Lipinski definition) is 1. The lowest BCUT2D eigenvalue weighted by atomic mass is 10.1. The average Bonchev–Trinajstić information content (AvgIpc) is 2.50. The normalized spacial score (nSPS) is 11.8. The Bertz CT molecular complexity index is 646. The Morgan fingerprint density at radius 3 is 2.45 bits per heavy atom. The highest BCUT2D eigenvalue weighted by Crippen LogP contribution is 2.16. The van der Waals surface area contributed by atoms with E-state index >= 15 is 0 Å². The molecule has 0 heterocycles. The Morgan fingerprint density at radius 1 is 1.14 bits per heavy atom. The first-order chi connectivity index (χ1) is 10.5. The molecule has 0 aliphatic rings. The van der Waals surface area contributed by atoms with Gasteiger partial charge in [0.1, 0.15) is 0 Å². The third-order valence-electron chi connectivity index (χ3n) is 3.39. The molecule has 5 heteroatoms. The Morgan fingerprint density at radius 2 is 1.82 bits per heavy atom. The molecule has 2 aromatic rings. The van der Waals surface area contributed by atoms with Crippen molar-refractivity contribution >= 4 is 6.03 Å². The standard InChI is InChI=1S/C17H18F2N2O/c1-12(14-8-9-15(18)16(19)10-14)20-17(22)21(2)11-13-6-4-3-5-7-13/h3-10,12H,11H2,1-2H3,(H,20,22). The van der Waals surface area contributed by atoms with Gasteiger partial charge in [0.2, 0.25) is 0 Å². The topological polar surface area (TPSA) is 32.3 Å². The van der Waals surface area contributed by atoms with Crippen LogP contribution in [0.2, 0.25) is 0 Å². The molecule has 0 radical (unpaired) electrons. The summed E-state index contributed by atoms with van der Waals surface area (Å²) in [5, 5.41) is 2.76. The van der Waals surface area contributed by atoms with Crippen molar-refractivity contribution in [3.05, 3.63) is 71.3 Å². The summed E-state index contributed by atoms with van der Waals surface area (Å²) in [6.45, 7) is 2.19. The highest BCUT2D eigenvalue weighted by Gasteiger charge is 2.15. The van der Waals surface area contributed by atoms with Crippen LogP contribution in [0, 0.1) is 11.6 Å². The van der Waals surface area contributed by atoms with Gasteiger partial charge in [-0.2, -0.15) is 0 Å². The van der Waals surface area contributed by atoms with Gasteiger partial charge >= 0.3 is 6.03 Å². The lowest BCUT2D eigenvalue weighted by Crippen LogP contribution is -2.38. The second kappa shape index (κ2) is 7.02. The molecule has 0 spiro atoms. The summed E-state index contributed by atoms with van der Waals surface area (Å²) in [6, 6.07) is 12.5. The van der Waals surface area contributed by atoms with Crippen LogP contribution in [0.15, 0.2) is 48.5 Å². The van der Waals surface area contributed by atoms with Crippen molar-refractivity contribution < 1.29 is 13.6 Å². The van der Waals surface area contributed by atoms with Crippen molar-refractivity contribution in [2.45, 2.75) is 19.5 Å². The monoisotopic (exact) mass is 304 g/mol. The Labute approximate surface area is 128 Å². The molecule has 116 valence electrons. The highest BCUT2D eigenvalue weighted by atomic mass is 19.2. The molecule has 0 aromatic heterocycles. The fourth-order valence-electron chi connectivity index (χ4n) is 2.09. The first-order valence-electron chi connectivity index (χ1n) is 6.98. The molecule has 0 saturated heterocycles. The lowest BCUT2D eigenvalue weighted by molar-refractivity contribution is 0.203. The van der Waals surface area contributed by atoms with E-state index in [2.05, 4.69) is 5.32 Å². The van der Waals surface area contributed by atoms with Gasteiger partial charge in [-0.05, 0) is 30.2 Å². The van der Waals surface area contributed by atoms with E-state index < -0.39 is 17.7 Å². The van der Waals surface area contributed by atoms with Crippen molar-refractivity contribution in [2.24, 2.45) is 0 Å². The van der Waals surface area contributed by atoms with Gasteiger partial charge in [0.05, 0.1) is 6.04 Å². The predicted molar refractivity (Wildman–Crippen MR) is 81.2 cm³/mol. The number of carbonyl (C=O) groups is 1. The van der Waals surface area contributed by atoms with Crippen LogP contribution in [0.25, 0.3) is 0 Å². The second-order valence-electron chi connectivity index (χ2n) is 5.19. The maximum absolute atomic E-state index is 13.2. The molecular formula is C17H18F2N2O. The van der Waals surface area contributed by atoms with Crippen LogP contribution < -0.4 is 5.32 Å². The number of nitrogens with one attached hydrogen (secondary N) is 1. The van der Waals surface area contributed by atoms with Crippen LogP contribution >= 0.6 is 0 Å². The first-order valence-corrected chi connectivity index (χ1v) is 6.98. The highest BCUT2D eigenvalue weighted by molar-refractivity contribution is 5.74. The molecule has 1 atom stereocenters. The summed E-state index contributed by atoms with van der Waals surface area (Å²) in [5.41, 5.74) is 1.53. The molecule has 2 amide bonds. The first kappa shape index (κ1) is 15.9. The van der Waals surface area contributed by atoms with E-state index in [1.807, 2.05) is 30.3 Å². The minimum Gasteiger partial charge on any atom is -0.331 e. The van der Waals surface area contributed by atoms with Crippen molar-refractivity contribution in [3.63, 3.8) is 0 Å². The van der Waals surface area contributed by atoms with E-state index in [1.54, 1.807) is 14.0 Å². The SMILES string of the molecule is CC(NC(=O)N(C)Cc1ccccc1)c1ccc(F)c(F)c1. The number of rotatable bonds is 4. The molecule has 3 nitrogen and oxygen atoms in total. The zero-order valence-corrected chi connectivity index (χ0v) is 12.5. The maximum Gasteiger partial charge on any atom is 0.317 e. The largest absolute Gasteiger partial charge is 0.331 e. The molecule has 2 aromatic carbocycles. The van der Waals surface area contributed by atoms with Crippen molar-refractivity contribution in [1.82, 2.24) is 10.2 Å². The molecular weight excluding hydrogens is 286 g/mol. The van der Waals surface area contributed by atoms with Crippen LogP contribution in [-0.2, 0) is 6.54 Å². The molecule has 1 unspecified atom stereocenters. The van der Waals surface area contributed by atoms with Gasteiger partial charge in [-0.25, -0.2) is 13.6 Å². The van der Waals surface area contributed by atoms with E-state index in [9.17, 15) is 13.6 Å². The Balaban J connectivity index is 1.96. The molecule has 0 fully saturated rings. The fraction of sp³-hybridized carbons (Fsp3) is 0.235. The van der Waals surface area contributed by atoms with Crippen LogP contribution in [-0.4, -0.2) is 18.0 Å². The van der Waals surface area contributed by atoms with Crippen molar-refractivity contribution in [3.8, 4) is 0 Å². The zero-order chi connectivity index (χ0) is 16.1. The number of benzene rings is 2. The minimum absolute atomic E-state index is 0.277. The third-order valence-corrected chi connectivity index (χ3v) is 3.39. The molecule has 0 aliphatic heterocycles. The Kier molecular flexibility index (Phi) is 5.09. The molecule has 22 heavy (non-hydrogen) atoms. The summed E-state index contributed by atoms with van der Waals surface area (Å²) in [6.07, 6.45) is 0. The predicted octanol–water partition coefficient (Wildman–Crippen LogP) is 3.87. The summed E-state index contributed by atoms with van der Waals surface area (Å²) in [4.78, 5) is 13.7. The fourth-order valence-corrected chi connectivity index (χ4v) is 2.09. The van der Waals surface area contributed by atoms with E-state index in [1.165, 1.54) is 11.0 Å². The van der Waals surface area contributed by atoms with Crippen molar-refractivity contribution in [2.75, 3.05) is 7.05 Å². The number of halogens is 2. The second-order valence-corrected chi connectivity index (χ2v) is 5.19. The van der Waals surface area contributed by atoms with Gasteiger partial charge in [0, 0.05) is 13.6 Å². The van der Waals surface area contributed by atoms with Gasteiger partial charge in [0.25, 0.3) is 0 Å². The Hall–Kier alpha value is -2.43.